The van der Waals surface area contributed by atoms with Crippen molar-refractivity contribution in [1.29, 1.82) is 0 Å². The fraction of sp³-hybridized carbons (Fsp3) is 0.250. The molecule has 0 aliphatic heterocycles. The van der Waals surface area contributed by atoms with Crippen molar-refractivity contribution in [2.45, 2.75) is 6.92 Å². The third-order valence-electron chi connectivity index (χ3n) is 0.578. The van der Waals surface area contributed by atoms with Gasteiger partial charge in [-0.3, -0.25) is 0 Å². The van der Waals surface area contributed by atoms with E-state index >= 15 is 0 Å². The topological polar surface area (TPSA) is 0 Å². The Morgan fingerprint density at radius 1 is 2.00 bits per heavy atom. The summed E-state index contributed by atoms with van der Waals surface area (Å²) in [5.41, 5.74) is 0. The van der Waals surface area contributed by atoms with E-state index < -0.39 is 0 Å². The highest BCUT2D eigenvalue weighted by Crippen LogP contribution is 2.23. The lowest BCUT2D eigenvalue weighted by Crippen LogP contribution is -1.41. The van der Waals surface area contributed by atoms with Crippen molar-refractivity contribution in [1.82, 2.24) is 0 Å². The molecule has 1 aromatic rings. The second-order valence-electron chi connectivity index (χ2n) is 1.18. The maximum absolute atomic E-state index is 3.09. The first-order valence-corrected chi connectivity index (χ1v) is 4.51. The highest BCUT2D eigenvalue weighted by molar-refractivity contribution is 7.90. The van der Waals surface area contributed by atoms with Crippen LogP contribution in [0.25, 0.3) is 0 Å². The van der Waals surface area contributed by atoms with Gasteiger partial charge in [0, 0.05) is 5.80 Å². The lowest BCUT2D eigenvalue weighted by Gasteiger charge is -1.66. The molecule has 1 unspecified atom stereocenters. The molecule has 1 rings (SSSR count). The first-order valence-electron chi connectivity index (χ1n) is 1.77. The molecule has 6 heavy (non-hydrogen) atoms. The van der Waals surface area contributed by atoms with Gasteiger partial charge in [-0.15, -0.1) is 7.87 Å². The highest BCUT2D eigenvalue weighted by Gasteiger charge is 1.74. The quantitative estimate of drug-likeness (QED) is 0.487. The van der Waals surface area contributed by atoms with Gasteiger partial charge in [-0.25, -0.2) is 0 Å². The van der Waals surface area contributed by atoms with E-state index in [0.29, 0.717) is 0 Å². The molecular formula is C4H5P2. The van der Waals surface area contributed by atoms with Crippen LogP contribution in [0.3, 0.4) is 0 Å². The van der Waals surface area contributed by atoms with E-state index in [9.17, 15) is 0 Å². The zero-order valence-electron chi connectivity index (χ0n) is 3.52. The molecule has 31 valence electrons. The minimum atomic E-state index is 1.00. The Kier molecular flexibility index (Phi) is 1.29. The Bertz CT molecular complexity index is 109. The summed E-state index contributed by atoms with van der Waals surface area (Å²) in [5.74, 6) is 3.09. The SMILES string of the molecule is Cc1c[c]p[pH]1. The van der Waals surface area contributed by atoms with E-state index in [-0.39, 0.29) is 0 Å². The summed E-state index contributed by atoms with van der Waals surface area (Å²) in [4.78, 5) is 0. The molecule has 0 nitrogen and oxygen atoms in total. The molecule has 1 atom stereocenters. The van der Waals surface area contributed by atoms with E-state index in [1.165, 1.54) is 13.2 Å². The Hall–Kier alpha value is 0.210. The Morgan fingerprint density at radius 3 is 3.00 bits per heavy atom. The van der Waals surface area contributed by atoms with E-state index in [1.807, 2.05) is 0 Å². The van der Waals surface area contributed by atoms with Gasteiger partial charge in [0.1, 0.15) is 0 Å². The molecule has 1 heterocycles. The van der Waals surface area contributed by atoms with Gasteiger partial charge >= 0.3 is 0 Å². The number of hydrogen-bond donors (Lipinski definition) is 0. The normalized spacial score (nSPS) is 11.5. The van der Waals surface area contributed by atoms with Gasteiger partial charge in [0.15, 0.2) is 0 Å². The summed E-state index contributed by atoms with van der Waals surface area (Å²) in [5, 5.41) is 1.48. The molecule has 0 bridgehead atoms. The molecule has 0 spiro atoms. The predicted octanol–water partition coefficient (Wildman–Crippen LogP) is 2.41. The highest BCUT2D eigenvalue weighted by atomic mass is 31.8. The molecule has 0 saturated heterocycles. The summed E-state index contributed by atoms with van der Waals surface area (Å²) >= 11 is 0. The number of aryl methyl sites for hydroxylation is 1. The van der Waals surface area contributed by atoms with Gasteiger partial charge in [0.2, 0.25) is 0 Å². The smallest absolute Gasteiger partial charge is 0.0182 e. The van der Waals surface area contributed by atoms with Gasteiger partial charge in [-0.2, -0.15) is 0 Å². The van der Waals surface area contributed by atoms with Crippen LogP contribution in [0.2, 0.25) is 0 Å². The standard InChI is InChI=1S/C4H5P2/c1-4-2-3-5-6-4/h2,6H,1H3. The van der Waals surface area contributed by atoms with Gasteiger partial charge in [-0.1, -0.05) is 0 Å². The molecule has 0 fully saturated rings. The minimum absolute atomic E-state index is 1.00. The van der Waals surface area contributed by atoms with Crippen molar-refractivity contribution in [2.75, 3.05) is 0 Å². The largest absolute Gasteiger partial charge is 0.107 e. The van der Waals surface area contributed by atoms with Crippen LogP contribution in [0.15, 0.2) is 6.07 Å². The van der Waals surface area contributed by atoms with Crippen molar-refractivity contribution < 1.29 is 0 Å². The van der Waals surface area contributed by atoms with Crippen molar-refractivity contribution in [3.05, 3.63) is 17.2 Å². The van der Waals surface area contributed by atoms with Crippen LogP contribution in [0.4, 0.5) is 0 Å². The van der Waals surface area contributed by atoms with Crippen molar-refractivity contribution in [3.63, 3.8) is 0 Å². The molecule has 0 amide bonds. The van der Waals surface area contributed by atoms with Crippen LogP contribution < -0.4 is 0 Å². The van der Waals surface area contributed by atoms with Gasteiger partial charge in [0.25, 0.3) is 0 Å². The maximum atomic E-state index is 3.09. The first-order chi connectivity index (χ1) is 2.89. The number of hydrogen-bond acceptors (Lipinski definition) is 0. The van der Waals surface area contributed by atoms with Crippen LogP contribution in [-0.4, -0.2) is 0 Å². The Balaban J connectivity index is 3.05. The van der Waals surface area contributed by atoms with Crippen LogP contribution in [0.1, 0.15) is 5.30 Å². The second-order valence-corrected chi connectivity index (χ2v) is 4.02. The van der Waals surface area contributed by atoms with Crippen molar-refractivity contribution in [2.24, 2.45) is 0 Å². The Labute approximate surface area is 40.7 Å². The van der Waals surface area contributed by atoms with Gasteiger partial charge in [-0.05, 0) is 26.2 Å². The number of rotatable bonds is 0. The lowest BCUT2D eigenvalue weighted by atomic mass is 10.6. The van der Waals surface area contributed by atoms with Crippen LogP contribution in [0.5, 0.6) is 0 Å². The third-order valence-corrected chi connectivity index (χ3v) is 3.23. The summed E-state index contributed by atoms with van der Waals surface area (Å²) in [6.45, 7) is 2.14. The molecule has 0 saturated carbocycles. The summed E-state index contributed by atoms with van der Waals surface area (Å²) in [6.07, 6.45) is 0. The molecule has 0 aliphatic rings. The van der Waals surface area contributed by atoms with Crippen molar-refractivity contribution in [3.8, 4) is 0 Å². The zero-order chi connectivity index (χ0) is 4.41. The summed E-state index contributed by atoms with van der Waals surface area (Å²) in [6, 6.07) is 2.07. The summed E-state index contributed by atoms with van der Waals surface area (Å²) in [7, 11) is 2.38. The fourth-order valence-corrected chi connectivity index (χ4v) is 2.15. The van der Waals surface area contributed by atoms with Crippen LogP contribution in [-0.2, 0) is 0 Å². The van der Waals surface area contributed by atoms with Crippen LogP contribution >= 0.6 is 15.7 Å². The molecule has 1 radical (unpaired) electrons. The fourth-order valence-electron chi connectivity index (χ4n) is 0.282. The first kappa shape index (κ1) is 4.37. The predicted molar refractivity (Wildman–Crippen MR) is 32.0 cm³/mol. The molecule has 0 aromatic carbocycles. The van der Waals surface area contributed by atoms with Gasteiger partial charge < -0.3 is 0 Å². The third kappa shape index (κ3) is 0.834. The maximum Gasteiger partial charge on any atom is 0.0182 e. The Morgan fingerprint density at radius 2 is 2.83 bits per heavy atom. The molecule has 1 aromatic heterocycles. The summed E-state index contributed by atoms with van der Waals surface area (Å²) < 4.78 is 0. The van der Waals surface area contributed by atoms with E-state index in [4.69, 9.17) is 0 Å². The monoisotopic (exact) mass is 115 g/mol. The average molecular weight is 115 g/mol. The average Bonchev–Trinajstić information content (AvgIpc) is 1.86. The zero-order valence-corrected chi connectivity index (χ0v) is 5.42. The van der Waals surface area contributed by atoms with E-state index in [1.54, 1.807) is 0 Å². The second kappa shape index (κ2) is 1.78. The molecule has 2 heteroatoms. The van der Waals surface area contributed by atoms with Gasteiger partial charge in [0.05, 0.1) is 0 Å². The molecular weight excluding hydrogens is 110 g/mol. The minimum Gasteiger partial charge on any atom is -0.107 e. The molecule has 0 N–H and O–H groups in total. The van der Waals surface area contributed by atoms with E-state index in [2.05, 4.69) is 18.8 Å². The van der Waals surface area contributed by atoms with Crippen molar-refractivity contribution >= 4 is 15.7 Å². The molecule has 0 aliphatic carbocycles. The van der Waals surface area contributed by atoms with E-state index in [0.717, 1.165) is 7.87 Å². The van der Waals surface area contributed by atoms with Crippen LogP contribution in [0, 0.1) is 12.7 Å². The lowest BCUT2D eigenvalue weighted by molar-refractivity contribution is 1.64.